The average Bonchev–Trinajstić information content (AvgIpc) is 2.95. The van der Waals surface area contributed by atoms with Crippen LogP contribution in [0, 0.1) is 0 Å². The highest BCUT2D eigenvalue weighted by Crippen LogP contribution is 2.40. The fourth-order valence-electron chi connectivity index (χ4n) is 1.69. The molecule has 2 nitrogen and oxygen atoms in total. The van der Waals surface area contributed by atoms with Crippen molar-refractivity contribution in [1.29, 1.82) is 0 Å². The summed E-state index contributed by atoms with van der Waals surface area (Å²) in [5.74, 6) is 0.897. The van der Waals surface area contributed by atoms with Crippen LogP contribution >= 0.6 is 15.9 Å². The molecule has 2 rings (SSSR count). The Hall–Kier alpha value is -0.540. The zero-order chi connectivity index (χ0) is 10.9. The summed E-state index contributed by atoms with van der Waals surface area (Å²) in [6.45, 7) is 0. The number of hydrogen-bond acceptors (Lipinski definition) is 2. The molecule has 15 heavy (non-hydrogen) atoms. The molecule has 1 aromatic carbocycles. The first kappa shape index (κ1) is 11.0. The normalized spacial score (nSPS) is 17.5. The van der Waals surface area contributed by atoms with E-state index in [1.807, 2.05) is 12.1 Å². The van der Waals surface area contributed by atoms with Gasteiger partial charge in [0.1, 0.15) is 5.75 Å². The lowest BCUT2D eigenvalue weighted by atomic mass is 10.0. The van der Waals surface area contributed by atoms with Crippen molar-refractivity contribution in [2.24, 2.45) is 0 Å². The van der Waals surface area contributed by atoms with Crippen LogP contribution in [-0.4, -0.2) is 17.8 Å². The zero-order valence-electron chi connectivity index (χ0n) is 8.79. The standard InChI is InChI=1S/C12H15BrO2/c1-15-11-8-10(13)3-2-9(11)4-5-12(14)6-7-12/h2-3,8,14H,4-7H2,1H3. The van der Waals surface area contributed by atoms with Gasteiger partial charge in [0.2, 0.25) is 0 Å². The molecular weight excluding hydrogens is 256 g/mol. The number of rotatable bonds is 4. The SMILES string of the molecule is COc1cc(Br)ccc1CCC1(O)CC1. The maximum Gasteiger partial charge on any atom is 0.123 e. The lowest BCUT2D eigenvalue weighted by Gasteiger charge is -2.11. The van der Waals surface area contributed by atoms with Gasteiger partial charge in [-0.15, -0.1) is 0 Å². The Morgan fingerprint density at radius 2 is 2.20 bits per heavy atom. The van der Waals surface area contributed by atoms with Crippen LogP contribution < -0.4 is 4.74 Å². The van der Waals surface area contributed by atoms with E-state index in [-0.39, 0.29) is 5.60 Å². The summed E-state index contributed by atoms with van der Waals surface area (Å²) in [6, 6.07) is 6.02. The molecule has 0 aliphatic heterocycles. The van der Waals surface area contributed by atoms with Gasteiger partial charge in [0.25, 0.3) is 0 Å². The van der Waals surface area contributed by atoms with Gasteiger partial charge in [0.05, 0.1) is 12.7 Å². The summed E-state index contributed by atoms with van der Waals surface area (Å²) in [4.78, 5) is 0. The van der Waals surface area contributed by atoms with Gasteiger partial charge >= 0.3 is 0 Å². The first-order chi connectivity index (χ1) is 7.13. The predicted molar refractivity (Wildman–Crippen MR) is 63.2 cm³/mol. The lowest BCUT2D eigenvalue weighted by Crippen LogP contribution is -2.08. The molecule has 0 atom stereocenters. The summed E-state index contributed by atoms with van der Waals surface area (Å²) in [5, 5.41) is 9.76. The molecule has 0 saturated heterocycles. The van der Waals surface area contributed by atoms with Crippen molar-refractivity contribution in [3.8, 4) is 5.75 Å². The Kier molecular flexibility index (Phi) is 3.03. The smallest absolute Gasteiger partial charge is 0.123 e. The van der Waals surface area contributed by atoms with E-state index >= 15 is 0 Å². The number of aryl methyl sites for hydroxylation is 1. The lowest BCUT2D eigenvalue weighted by molar-refractivity contribution is 0.140. The summed E-state index contributed by atoms with van der Waals surface area (Å²) < 4.78 is 6.32. The zero-order valence-corrected chi connectivity index (χ0v) is 10.4. The Morgan fingerprint density at radius 3 is 2.80 bits per heavy atom. The minimum absolute atomic E-state index is 0.377. The van der Waals surface area contributed by atoms with E-state index in [4.69, 9.17) is 4.74 Å². The average molecular weight is 271 g/mol. The molecule has 1 aromatic rings. The summed E-state index contributed by atoms with van der Waals surface area (Å²) in [6.07, 6.45) is 3.62. The minimum atomic E-state index is -0.377. The van der Waals surface area contributed by atoms with Gasteiger partial charge in [-0.25, -0.2) is 0 Å². The van der Waals surface area contributed by atoms with Crippen molar-refractivity contribution in [3.63, 3.8) is 0 Å². The molecule has 82 valence electrons. The van der Waals surface area contributed by atoms with Crippen LogP contribution in [0.15, 0.2) is 22.7 Å². The van der Waals surface area contributed by atoms with Crippen LogP contribution in [0.2, 0.25) is 0 Å². The van der Waals surface area contributed by atoms with Gasteiger partial charge in [-0.3, -0.25) is 0 Å². The first-order valence-corrected chi connectivity index (χ1v) is 5.97. The van der Waals surface area contributed by atoms with E-state index in [1.165, 1.54) is 5.56 Å². The topological polar surface area (TPSA) is 29.5 Å². The monoisotopic (exact) mass is 270 g/mol. The number of hydrogen-bond donors (Lipinski definition) is 1. The predicted octanol–water partition coefficient (Wildman–Crippen LogP) is 2.92. The molecule has 0 unspecified atom stereocenters. The third-order valence-corrected chi connectivity index (χ3v) is 3.43. The van der Waals surface area contributed by atoms with Crippen LogP contribution in [-0.2, 0) is 6.42 Å². The molecule has 1 aliphatic carbocycles. The number of ether oxygens (including phenoxy) is 1. The van der Waals surface area contributed by atoms with Crippen LogP contribution in [0.5, 0.6) is 5.75 Å². The van der Waals surface area contributed by atoms with Gasteiger partial charge < -0.3 is 9.84 Å². The van der Waals surface area contributed by atoms with Crippen molar-refractivity contribution >= 4 is 15.9 Å². The van der Waals surface area contributed by atoms with E-state index in [2.05, 4.69) is 22.0 Å². The maximum absolute atomic E-state index is 9.76. The van der Waals surface area contributed by atoms with E-state index in [0.717, 1.165) is 35.9 Å². The molecule has 1 fully saturated rings. The second-order valence-electron chi connectivity index (χ2n) is 4.18. The molecule has 1 saturated carbocycles. The number of aliphatic hydroxyl groups is 1. The van der Waals surface area contributed by atoms with Gasteiger partial charge in [-0.1, -0.05) is 22.0 Å². The molecule has 0 radical (unpaired) electrons. The third-order valence-electron chi connectivity index (χ3n) is 2.94. The summed E-state index contributed by atoms with van der Waals surface area (Å²) in [5.41, 5.74) is 0.791. The van der Waals surface area contributed by atoms with E-state index in [1.54, 1.807) is 7.11 Å². The summed E-state index contributed by atoms with van der Waals surface area (Å²) >= 11 is 3.41. The second kappa shape index (κ2) is 4.14. The van der Waals surface area contributed by atoms with Gasteiger partial charge in [0, 0.05) is 4.47 Å². The highest BCUT2D eigenvalue weighted by molar-refractivity contribution is 9.10. The molecule has 0 heterocycles. The van der Waals surface area contributed by atoms with E-state index in [0.29, 0.717) is 0 Å². The van der Waals surface area contributed by atoms with E-state index in [9.17, 15) is 5.11 Å². The molecule has 3 heteroatoms. The number of benzene rings is 1. The molecule has 0 bridgehead atoms. The highest BCUT2D eigenvalue weighted by Gasteiger charge is 2.39. The molecule has 0 amide bonds. The Balaban J connectivity index is 2.06. The van der Waals surface area contributed by atoms with Crippen LogP contribution in [0.1, 0.15) is 24.8 Å². The highest BCUT2D eigenvalue weighted by atomic mass is 79.9. The molecule has 1 N–H and O–H groups in total. The van der Waals surface area contributed by atoms with Crippen LogP contribution in [0.3, 0.4) is 0 Å². The minimum Gasteiger partial charge on any atom is -0.496 e. The van der Waals surface area contributed by atoms with Gasteiger partial charge in [0.15, 0.2) is 0 Å². The maximum atomic E-state index is 9.76. The van der Waals surface area contributed by atoms with Crippen molar-refractivity contribution in [1.82, 2.24) is 0 Å². The number of halogens is 1. The quantitative estimate of drug-likeness (QED) is 0.912. The Bertz CT molecular complexity index is 359. The largest absolute Gasteiger partial charge is 0.496 e. The van der Waals surface area contributed by atoms with Crippen LogP contribution in [0.25, 0.3) is 0 Å². The van der Waals surface area contributed by atoms with E-state index < -0.39 is 0 Å². The third kappa shape index (κ3) is 2.73. The second-order valence-corrected chi connectivity index (χ2v) is 5.10. The van der Waals surface area contributed by atoms with Crippen molar-refractivity contribution in [2.75, 3.05) is 7.11 Å². The first-order valence-electron chi connectivity index (χ1n) is 5.18. The summed E-state index contributed by atoms with van der Waals surface area (Å²) in [7, 11) is 1.68. The van der Waals surface area contributed by atoms with Gasteiger partial charge in [-0.05, 0) is 43.4 Å². The number of methoxy groups -OCH3 is 1. The molecule has 0 spiro atoms. The molecule has 1 aliphatic rings. The molecule has 0 aromatic heterocycles. The fourth-order valence-corrected chi connectivity index (χ4v) is 2.03. The molecular formula is C12H15BrO2. The van der Waals surface area contributed by atoms with Crippen LogP contribution in [0.4, 0.5) is 0 Å². The van der Waals surface area contributed by atoms with Crippen molar-refractivity contribution in [3.05, 3.63) is 28.2 Å². The fraction of sp³-hybridized carbons (Fsp3) is 0.500. The van der Waals surface area contributed by atoms with Crippen molar-refractivity contribution in [2.45, 2.75) is 31.3 Å². The Labute approximate surface area is 98.4 Å². The Morgan fingerprint density at radius 1 is 1.47 bits per heavy atom. The van der Waals surface area contributed by atoms with Gasteiger partial charge in [-0.2, -0.15) is 0 Å². The van der Waals surface area contributed by atoms with Crippen molar-refractivity contribution < 1.29 is 9.84 Å².